The number of thiazole rings is 1. The van der Waals surface area contributed by atoms with Crippen LogP contribution in [0.25, 0.3) is 0 Å². The molecular weight excluding hydrogens is 343 g/mol. The van der Waals surface area contributed by atoms with Crippen LogP contribution in [0.3, 0.4) is 0 Å². The van der Waals surface area contributed by atoms with Crippen molar-refractivity contribution in [3.8, 4) is 0 Å². The van der Waals surface area contributed by atoms with E-state index in [0.29, 0.717) is 36.8 Å². The fourth-order valence-corrected chi connectivity index (χ4v) is 3.76. The lowest BCUT2D eigenvalue weighted by molar-refractivity contribution is -0.140. The van der Waals surface area contributed by atoms with E-state index < -0.39 is 17.8 Å². The van der Waals surface area contributed by atoms with Crippen molar-refractivity contribution >= 4 is 23.1 Å². The number of carboxylic acid groups (broad SMARTS) is 1. The molecule has 1 fully saturated rings. The Labute approximate surface area is 139 Å². The topological polar surface area (TPSA) is 66.3 Å². The number of rotatable bonds is 3. The number of carboxylic acids is 1. The van der Waals surface area contributed by atoms with Crippen molar-refractivity contribution in [2.24, 2.45) is 0 Å². The van der Waals surface area contributed by atoms with Crippen molar-refractivity contribution in [3.05, 3.63) is 40.0 Å². The van der Waals surface area contributed by atoms with Gasteiger partial charge >= 0.3 is 12.1 Å². The summed E-state index contributed by atoms with van der Waals surface area (Å²) in [6.45, 7) is 1.06. The summed E-state index contributed by atoms with van der Waals surface area (Å²) in [5, 5.41) is 10.8. The van der Waals surface area contributed by atoms with Crippen molar-refractivity contribution in [2.45, 2.75) is 24.9 Å². The van der Waals surface area contributed by atoms with E-state index in [1.54, 1.807) is 6.07 Å². The molecule has 1 saturated heterocycles. The normalized spacial score (nSPS) is 16.4. The second kappa shape index (κ2) is 6.39. The molecular formula is C15H14F3N3O2S. The molecule has 1 aliphatic heterocycles. The van der Waals surface area contributed by atoms with Gasteiger partial charge in [0.1, 0.15) is 11.4 Å². The van der Waals surface area contributed by atoms with Crippen molar-refractivity contribution < 1.29 is 23.1 Å². The number of hydrogen-bond donors (Lipinski definition) is 1. The summed E-state index contributed by atoms with van der Waals surface area (Å²) in [6, 6.07) is 3.06. The molecule has 5 nitrogen and oxygen atoms in total. The first-order chi connectivity index (χ1) is 11.4. The zero-order chi connectivity index (χ0) is 17.3. The molecule has 24 heavy (non-hydrogen) atoms. The van der Waals surface area contributed by atoms with Gasteiger partial charge in [-0.05, 0) is 25.0 Å². The summed E-state index contributed by atoms with van der Waals surface area (Å²) >= 11 is 1.03. The van der Waals surface area contributed by atoms with Crippen LogP contribution in [0.15, 0.2) is 23.7 Å². The third kappa shape index (κ3) is 3.35. The fraction of sp³-hybridized carbons (Fsp3) is 0.400. The van der Waals surface area contributed by atoms with Gasteiger partial charge in [0.2, 0.25) is 0 Å². The van der Waals surface area contributed by atoms with E-state index in [1.807, 2.05) is 4.90 Å². The average molecular weight is 357 g/mol. The summed E-state index contributed by atoms with van der Waals surface area (Å²) in [5.41, 5.74) is -0.715. The van der Waals surface area contributed by atoms with Crippen LogP contribution in [0.1, 0.15) is 39.8 Å². The predicted octanol–water partition coefficient (Wildman–Crippen LogP) is 3.64. The van der Waals surface area contributed by atoms with Crippen LogP contribution in [-0.2, 0) is 6.18 Å². The van der Waals surface area contributed by atoms with Gasteiger partial charge in [-0.1, -0.05) is 0 Å². The number of carbonyl (C=O) groups is 1. The van der Waals surface area contributed by atoms with Gasteiger partial charge < -0.3 is 10.0 Å². The molecule has 0 spiro atoms. The minimum Gasteiger partial charge on any atom is -0.478 e. The second-order valence-corrected chi connectivity index (χ2v) is 6.40. The molecule has 0 atom stereocenters. The highest BCUT2D eigenvalue weighted by Gasteiger charge is 2.35. The molecule has 2 aromatic heterocycles. The Balaban J connectivity index is 1.70. The number of piperidine rings is 1. The molecule has 1 aliphatic rings. The van der Waals surface area contributed by atoms with E-state index in [1.165, 1.54) is 12.3 Å². The molecule has 3 rings (SSSR count). The van der Waals surface area contributed by atoms with E-state index in [0.717, 1.165) is 16.7 Å². The number of hydrogen-bond acceptors (Lipinski definition) is 5. The molecule has 0 unspecified atom stereocenters. The zero-order valence-corrected chi connectivity index (χ0v) is 13.3. The standard InChI is InChI=1S/C15H14F3N3O2S/c16-15(17,18)11-8-24-13(20-11)9-3-6-21(7-4-9)12-10(14(22)23)2-1-5-19-12/h1-2,5,8-9H,3-4,6-7H2,(H,22,23). The minimum atomic E-state index is -4.42. The number of aromatic carboxylic acids is 1. The maximum atomic E-state index is 12.6. The molecule has 2 aromatic rings. The number of nitrogens with zero attached hydrogens (tertiary/aromatic N) is 3. The summed E-state index contributed by atoms with van der Waals surface area (Å²) in [5.74, 6) is -0.687. The number of pyridine rings is 1. The molecule has 128 valence electrons. The maximum absolute atomic E-state index is 12.6. The maximum Gasteiger partial charge on any atom is 0.434 e. The minimum absolute atomic E-state index is 0.0423. The van der Waals surface area contributed by atoms with Crippen LogP contribution >= 0.6 is 11.3 Å². The van der Waals surface area contributed by atoms with E-state index in [9.17, 15) is 23.1 Å². The molecule has 0 bridgehead atoms. The molecule has 0 saturated carbocycles. The van der Waals surface area contributed by atoms with Crippen molar-refractivity contribution in [2.75, 3.05) is 18.0 Å². The Morgan fingerprint density at radius 1 is 1.33 bits per heavy atom. The van der Waals surface area contributed by atoms with Gasteiger partial charge in [0.25, 0.3) is 0 Å². The van der Waals surface area contributed by atoms with Crippen LogP contribution in [0.4, 0.5) is 19.0 Å². The molecule has 3 heterocycles. The van der Waals surface area contributed by atoms with Crippen molar-refractivity contribution in [1.82, 2.24) is 9.97 Å². The second-order valence-electron chi connectivity index (χ2n) is 5.51. The average Bonchev–Trinajstić information content (AvgIpc) is 3.05. The summed E-state index contributed by atoms with van der Waals surface area (Å²) < 4.78 is 37.9. The molecule has 0 radical (unpaired) electrons. The number of alkyl halides is 3. The van der Waals surface area contributed by atoms with Gasteiger partial charge in [-0.2, -0.15) is 13.2 Å². The summed E-state index contributed by atoms with van der Waals surface area (Å²) in [6.07, 6.45) is -1.66. The Kier molecular flexibility index (Phi) is 4.44. The Morgan fingerprint density at radius 2 is 2.04 bits per heavy atom. The largest absolute Gasteiger partial charge is 0.478 e. The lowest BCUT2D eigenvalue weighted by atomic mass is 9.97. The van der Waals surface area contributed by atoms with Crippen LogP contribution in [0, 0.1) is 0 Å². The highest BCUT2D eigenvalue weighted by atomic mass is 32.1. The van der Waals surface area contributed by atoms with Gasteiger partial charge in [0.05, 0.1) is 5.01 Å². The third-order valence-corrected chi connectivity index (χ3v) is 4.98. The monoisotopic (exact) mass is 357 g/mol. The first-order valence-corrected chi connectivity index (χ1v) is 8.20. The summed E-state index contributed by atoms with van der Waals surface area (Å²) in [7, 11) is 0. The lowest BCUT2D eigenvalue weighted by Gasteiger charge is -2.32. The van der Waals surface area contributed by atoms with Gasteiger partial charge in [-0.3, -0.25) is 0 Å². The lowest BCUT2D eigenvalue weighted by Crippen LogP contribution is -2.34. The molecule has 1 N–H and O–H groups in total. The van der Waals surface area contributed by atoms with Gasteiger partial charge in [0, 0.05) is 30.6 Å². The van der Waals surface area contributed by atoms with E-state index >= 15 is 0 Å². The number of halogens is 3. The molecule has 0 amide bonds. The molecule has 0 aliphatic carbocycles. The van der Waals surface area contributed by atoms with Crippen molar-refractivity contribution in [3.63, 3.8) is 0 Å². The molecule has 0 aromatic carbocycles. The van der Waals surface area contributed by atoms with Crippen LogP contribution in [-0.4, -0.2) is 34.1 Å². The summed E-state index contributed by atoms with van der Waals surface area (Å²) in [4.78, 5) is 21.0. The first-order valence-electron chi connectivity index (χ1n) is 7.32. The Morgan fingerprint density at radius 3 is 2.62 bits per heavy atom. The zero-order valence-electron chi connectivity index (χ0n) is 12.5. The van der Waals surface area contributed by atoms with Crippen molar-refractivity contribution in [1.29, 1.82) is 0 Å². The Bertz CT molecular complexity index is 740. The number of aromatic nitrogens is 2. The SMILES string of the molecule is O=C(O)c1cccnc1N1CCC(c2nc(C(F)(F)F)cs2)CC1. The van der Waals surface area contributed by atoms with Crippen LogP contribution in [0.5, 0.6) is 0 Å². The van der Waals surface area contributed by atoms with Gasteiger partial charge in [-0.25, -0.2) is 14.8 Å². The first kappa shape index (κ1) is 16.7. The number of anilines is 1. The van der Waals surface area contributed by atoms with E-state index in [4.69, 9.17) is 0 Å². The predicted molar refractivity (Wildman–Crippen MR) is 82.5 cm³/mol. The van der Waals surface area contributed by atoms with Crippen LogP contribution < -0.4 is 4.90 Å². The fourth-order valence-electron chi connectivity index (χ4n) is 2.76. The quantitative estimate of drug-likeness (QED) is 0.908. The highest BCUT2D eigenvalue weighted by molar-refractivity contribution is 7.09. The highest BCUT2D eigenvalue weighted by Crippen LogP contribution is 2.36. The molecule has 9 heteroatoms. The van der Waals surface area contributed by atoms with E-state index in [-0.39, 0.29) is 11.5 Å². The third-order valence-electron chi connectivity index (χ3n) is 3.97. The van der Waals surface area contributed by atoms with E-state index in [2.05, 4.69) is 9.97 Å². The van der Waals surface area contributed by atoms with Gasteiger partial charge in [0.15, 0.2) is 5.69 Å². The van der Waals surface area contributed by atoms with Gasteiger partial charge in [-0.15, -0.1) is 11.3 Å². The Hall–Kier alpha value is -2.16. The smallest absolute Gasteiger partial charge is 0.434 e. The van der Waals surface area contributed by atoms with Crippen LogP contribution in [0.2, 0.25) is 0 Å².